The minimum atomic E-state index is -0.666. The number of methoxy groups -OCH3 is 1. The van der Waals surface area contributed by atoms with Gasteiger partial charge in [-0.25, -0.2) is 0 Å². The molecule has 4 nitrogen and oxygen atoms in total. The number of carbonyl (C=O) groups excluding carboxylic acids is 1. The van der Waals surface area contributed by atoms with Gasteiger partial charge in [-0.1, -0.05) is 0 Å². The molecular formula is C10H12ClI2NO3. The van der Waals surface area contributed by atoms with Crippen LogP contribution < -0.4 is 5.73 Å². The topological polar surface area (TPSA) is 72.5 Å². The molecule has 1 rings (SSSR count). The zero-order valence-electron chi connectivity index (χ0n) is 8.94. The lowest BCUT2D eigenvalue weighted by Gasteiger charge is -2.10. The number of rotatable bonds is 3. The van der Waals surface area contributed by atoms with Gasteiger partial charge in [-0.3, -0.25) is 4.79 Å². The summed E-state index contributed by atoms with van der Waals surface area (Å²) in [7, 11) is 1.31. The number of esters is 1. The number of aromatic hydroxyl groups is 1. The predicted octanol–water partition coefficient (Wildman–Crippen LogP) is 2.07. The van der Waals surface area contributed by atoms with Crippen molar-refractivity contribution in [2.45, 2.75) is 12.5 Å². The van der Waals surface area contributed by atoms with E-state index in [1.165, 1.54) is 7.11 Å². The monoisotopic (exact) mass is 483 g/mol. The van der Waals surface area contributed by atoms with E-state index in [4.69, 9.17) is 5.73 Å². The van der Waals surface area contributed by atoms with E-state index in [-0.39, 0.29) is 18.2 Å². The predicted molar refractivity (Wildman–Crippen MR) is 84.5 cm³/mol. The van der Waals surface area contributed by atoms with Crippen LogP contribution in [0.2, 0.25) is 0 Å². The van der Waals surface area contributed by atoms with E-state index in [9.17, 15) is 9.90 Å². The van der Waals surface area contributed by atoms with Crippen molar-refractivity contribution in [3.05, 3.63) is 24.8 Å². The lowest BCUT2D eigenvalue weighted by molar-refractivity contribution is -0.142. The van der Waals surface area contributed by atoms with Crippen molar-refractivity contribution >= 4 is 63.6 Å². The third kappa shape index (κ3) is 4.76. The number of carbonyl (C=O) groups is 1. The highest BCUT2D eigenvalue weighted by Gasteiger charge is 2.15. The van der Waals surface area contributed by atoms with Crippen LogP contribution in [0, 0.1) is 7.14 Å². The lowest BCUT2D eigenvalue weighted by Crippen LogP contribution is -2.33. The fourth-order valence-corrected chi connectivity index (χ4v) is 3.12. The van der Waals surface area contributed by atoms with Crippen LogP contribution in [0.4, 0.5) is 0 Å². The van der Waals surface area contributed by atoms with Crippen LogP contribution in [0.3, 0.4) is 0 Å². The van der Waals surface area contributed by atoms with E-state index in [0.29, 0.717) is 6.42 Å². The Morgan fingerprint density at radius 1 is 1.47 bits per heavy atom. The third-order valence-electron chi connectivity index (χ3n) is 2.04. The van der Waals surface area contributed by atoms with Crippen LogP contribution in [-0.2, 0) is 16.0 Å². The zero-order chi connectivity index (χ0) is 12.3. The van der Waals surface area contributed by atoms with Gasteiger partial charge >= 0.3 is 5.97 Å². The van der Waals surface area contributed by atoms with Crippen molar-refractivity contribution < 1.29 is 14.6 Å². The number of benzene rings is 1. The maximum Gasteiger partial charge on any atom is 0.322 e. The minimum Gasteiger partial charge on any atom is -0.506 e. The smallest absolute Gasteiger partial charge is 0.322 e. The van der Waals surface area contributed by atoms with Gasteiger partial charge in [0.1, 0.15) is 11.8 Å². The Labute approximate surface area is 133 Å². The van der Waals surface area contributed by atoms with Gasteiger partial charge < -0.3 is 15.6 Å². The van der Waals surface area contributed by atoms with E-state index in [1.807, 2.05) is 45.2 Å². The summed E-state index contributed by atoms with van der Waals surface area (Å²) in [5, 5.41) is 9.58. The van der Waals surface area contributed by atoms with Crippen LogP contribution >= 0.6 is 57.6 Å². The van der Waals surface area contributed by atoms with Gasteiger partial charge in [-0.2, -0.15) is 0 Å². The molecule has 0 unspecified atom stereocenters. The molecule has 0 amide bonds. The van der Waals surface area contributed by atoms with E-state index in [2.05, 4.69) is 4.74 Å². The molecule has 1 aromatic rings. The molecule has 0 aromatic heterocycles. The number of halogens is 3. The first-order chi connectivity index (χ1) is 7.45. The number of phenols is 1. The van der Waals surface area contributed by atoms with Crippen LogP contribution in [-0.4, -0.2) is 24.2 Å². The van der Waals surface area contributed by atoms with Crippen molar-refractivity contribution in [3.8, 4) is 5.75 Å². The Kier molecular flexibility index (Phi) is 7.68. The Morgan fingerprint density at radius 2 is 1.94 bits per heavy atom. The van der Waals surface area contributed by atoms with Crippen LogP contribution in [0.1, 0.15) is 5.56 Å². The second-order valence-corrected chi connectivity index (χ2v) is 5.57. The maximum absolute atomic E-state index is 11.2. The number of ether oxygens (including phenoxy) is 1. The molecule has 0 saturated heterocycles. The van der Waals surface area contributed by atoms with Gasteiger partial charge in [0.15, 0.2) is 0 Å². The molecule has 1 atom stereocenters. The molecule has 96 valence electrons. The number of hydrogen-bond acceptors (Lipinski definition) is 4. The van der Waals surface area contributed by atoms with Gasteiger partial charge in [-0.15, -0.1) is 12.4 Å². The van der Waals surface area contributed by atoms with E-state index in [1.54, 1.807) is 12.1 Å². The third-order valence-corrected chi connectivity index (χ3v) is 3.68. The summed E-state index contributed by atoms with van der Waals surface area (Å²) in [6, 6.07) is 2.95. The molecule has 0 aliphatic heterocycles. The summed E-state index contributed by atoms with van der Waals surface area (Å²) in [5.74, 6) is -0.172. The highest BCUT2D eigenvalue weighted by atomic mass is 127. The summed E-state index contributed by atoms with van der Waals surface area (Å²) in [6.07, 6.45) is 0.402. The van der Waals surface area contributed by atoms with Crippen LogP contribution in [0.25, 0.3) is 0 Å². The summed E-state index contributed by atoms with van der Waals surface area (Å²) in [4.78, 5) is 11.2. The largest absolute Gasteiger partial charge is 0.506 e. The van der Waals surface area contributed by atoms with Crippen LogP contribution in [0.15, 0.2) is 12.1 Å². The molecule has 3 N–H and O–H groups in total. The van der Waals surface area contributed by atoms with Crippen molar-refractivity contribution in [2.75, 3.05) is 7.11 Å². The highest BCUT2D eigenvalue weighted by molar-refractivity contribution is 14.1. The Morgan fingerprint density at radius 3 is 2.35 bits per heavy atom. The first kappa shape index (κ1) is 17.2. The maximum atomic E-state index is 11.2. The Bertz CT molecular complexity index is 392. The van der Waals surface area contributed by atoms with Gasteiger partial charge in [0, 0.05) is 0 Å². The van der Waals surface area contributed by atoms with Crippen molar-refractivity contribution in [1.29, 1.82) is 0 Å². The molecule has 0 fully saturated rings. The average molecular weight is 483 g/mol. The van der Waals surface area contributed by atoms with Gasteiger partial charge in [0.05, 0.1) is 14.3 Å². The number of phenolic OH excluding ortho intramolecular Hbond substituents is 1. The van der Waals surface area contributed by atoms with Crippen LogP contribution in [0.5, 0.6) is 5.75 Å². The summed E-state index contributed by atoms with van der Waals surface area (Å²) in [5.41, 5.74) is 6.56. The average Bonchev–Trinajstić information content (AvgIpc) is 2.24. The molecule has 0 aliphatic carbocycles. The second-order valence-electron chi connectivity index (χ2n) is 3.24. The van der Waals surface area contributed by atoms with Crippen molar-refractivity contribution in [3.63, 3.8) is 0 Å². The molecule has 0 spiro atoms. The standard InChI is InChI=1S/C10H11I2NO3.ClH/c1-16-10(15)8(13)4-5-2-6(11)9(14)7(12)3-5;/h2-3,8,14H,4,13H2,1H3;1H/t8-;/m1./s1. The highest BCUT2D eigenvalue weighted by Crippen LogP contribution is 2.27. The summed E-state index contributed by atoms with van der Waals surface area (Å²) < 4.78 is 6.04. The molecular weight excluding hydrogens is 471 g/mol. The van der Waals surface area contributed by atoms with E-state index >= 15 is 0 Å². The van der Waals surface area contributed by atoms with E-state index in [0.717, 1.165) is 12.7 Å². The normalized spacial score (nSPS) is 11.5. The first-order valence-corrected chi connectivity index (χ1v) is 6.61. The van der Waals surface area contributed by atoms with Gasteiger partial charge in [-0.05, 0) is 69.3 Å². The first-order valence-electron chi connectivity index (χ1n) is 4.46. The summed E-state index contributed by atoms with van der Waals surface area (Å²) >= 11 is 4.07. The molecule has 17 heavy (non-hydrogen) atoms. The Balaban J connectivity index is 0.00000256. The molecule has 0 radical (unpaired) electrons. The molecule has 0 aliphatic rings. The molecule has 0 heterocycles. The number of hydrogen-bond donors (Lipinski definition) is 2. The van der Waals surface area contributed by atoms with Gasteiger partial charge in [0.2, 0.25) is 0 Å². The van der Waals surface area contributed by atoms with Crippen molar-refractivity contribution in [2.24, 2.45) is 5.73 Å². The lowest BCUT2D eigenvalue weighted by atomic mass is 10.1. The zero-order valence-corrected chi connectivity index (χ0v) is 14.1. The minimum absolute atomic E-state index is 0. The quantitative estimate of drug-likeness (QED) is 0.510. The fourth-order valence-electron chi connectivity index (χ4n) is 1.22. The molecule has 0 saturated carbocycles. The van der Waals surface area contributed by atoms with Gasteiger partial charge in [0.25, 0.3) is 0 Å². The molecule has 0 bridgehead atoms. The Hall–Kier alpha value is 0.200. The molecule has 7 heteroatoms. The van der Waals surface area contributed by atoms with E-state index < -0.39 is 12.0 Å². The van der Waals surface area contributed by atoms with Crippen molar-refractivity contribution in [1.82, 2.24) is 0 Å². The SMILES string of the molecule is COC(=O)[C@H](N)Cc1cc(I)c(O)c(I)c1.Cl. The molecule has 1 aromatic carbocycles. The fraction of sp³-hybridized carbons (Fsp3) is 0.300. The number of nitrogens with two attached hydrogens (primary N) is 1. The second kappa shape index (κ2) is 7.59. The summed E-state index contributed by atoms with van der Waals surface area (Å²) in [6.45, 7) is 0.